The minimum atomic E-state index is -0.309. The molecule has 0 bridgehead atoms. The maximum Gasteiger partial charge on any atom is 0.254 e. The van der Waals surface area contributed by atoms with Gasteiger partial charge >= 0.3 is 0 Å². The predicted octanol–water partition coefficient (Wildman–Crippen LogP) is 3.18. The Morgan fingerprint density at radius 3 is 1.82 bits per heavy atom. The molecule has 0 radical (unpaired) electrons. The van der Waals surface area contributed by atoms with Gasteiger partial charge in [0.2, 0.25) is 0 Å². The Balaban J connectivity index is 1.82. The lowest BCUT2D eigenvalue weighted by Gasteiger charge is -2.18. The second kappa shape index (κ2) is 6.39. The van der Waals surface area contributed by atoms with Crippen molar-refractivity contribution in [2.24, 2.45) is 0 Å². The van der Waals surface area contributed by atoms with Gasteiger partial charge in [-0.05, 0) is 24.0 Å². The molecule has 0 unspecified atom stereocenters. The molecular weight excluding hydrogens is 274 g/mol. The molecule has 0 fully saturated rings. The fourth-order valence-corrected chi connectivity index (χ4v) is 2.83. The standard InChI is InChI=1S/C19H17NO2/c21-18-13-16(19(22)20-18)11-12-17(14-7-3-1-4-8-14)15-9-5-2-6-10-15/h1-10,13,17H,11-12H2,(H,20,21,22). The largest absolute Gasteiger partial charge is 0.289 e. The van der Waals surface area contributed by atoms with E-state index in [1.165, 1.54) is 17.2 Å². The lowest BCUT2D eigenvalue weighted by atomic mass is 9.86. The predicted molar refractivity (Wildman–Crippen MR) is 85.2 cm³/mol. The number of carbonyl (C=O) groups is 2. The molecule has 0 spiro atoms. The van der Waals surface area contributed by atoms with Gasteiger partial charge in [-0.15, -0.1) is 0 Å². The number of hydrogen-bond acceptors (Lipinski definition) is 2. The van der Waals surface area contributed by atoms with Crippen LogP contribution in [-0.4, -0.2) is 11.8 Å². The summed E-state index contributed by atoms with van der Waals surface area (Å²) in [6, 6.07) is 20.5. The Morgan fingerprint density at radius 1 is 0.818 bits per heavy atom. The van der Waals surface area contributed by atoms with Crippen LogP contribution in [0.2, 0.25) is 0 Å². The molecule has 1 aliphatic rings. The van der Waals surface area contributed by atoms with Gasteiger partial charge < -0.3 is 0 Å². The highest BCUT2D eigenvalue weighted by Crippen LogP contribution is 2.30. The average molecular weight is 291 g/mol. The molecule has 1 N–H and O–H groups in total. The zero-order valence-corrected chi connectivity index (χ0v) is 12.2. The maximum absolute atomic E-state index is 11.7. The van der Waals surface area contributed by atoms with Gasteiger partial charge in [-0.1, -0.05) is 60.7 Å². The van der Waals surface area contributed by atoms with E-state index in [4.69, 9.17) is 0 Å². The molecule has 0 saturated carbocycles. The minimum absolute atomic E-state index is 0.215. The monoisotopic (exact) mass is 291 g/mol. The third-order valence-corrected chi connectivity index (χ3v) is 3.94. The van der Waals surface area contributed by atoms with Gasteiger partial charge in [0.25, 0.3) is 11.8 Å². The number of carbonyl (C=O) groups excluding carboxylic acids is 2. The van der Waals surface area contributed by atoms with Gasteiger partial charge in [-0.2, -0.15) is 0 Å². The van der Waals surface area contributed by atoms with E-state index in [0.717, 1.165) is 6.42 Å². The highest BCUT2D eigenvalue weighted by Gasteiger charge is 2.22. The molecule has 3 nitrogen and oxygen atoms in total. The summed E-state index contributed by atoms with van der Waals surface area (Å²) in [7, 11) is 0. The lowest BCUT2D eigenvalue weighted by molar-refractivity contribution is -0.123. The summed E-state index contributed by atoms with van der Waals surface area (Å²) in [5, 5.41) is 2.30. The van der Waals surface area contributed by atoms with Crippen LogP contribution in [-0.2, 0) is 9.59 Å². The smallest absolute Gasteiger partial charge is 0.254 e. The van der Waals surface area contributed by atoms with Gasteiger partial charge in [0.15, 0.2) is 0 Å². The minimum Gasteiger partial charge on any atom is -0.289 e. The van der Waals surface area contributed by atoms with Crippen LogP contribution in [0.25, 0.3) is 0 Å². The highest BCUT2D eigenvalue weighted by atomic mass is 16.2. The van der Waals surface area contributed by atoms with E-state index >= 15 is 0 Å². The second-order valence-electron chi connectivity index (χ2n) is 5.40. The summed E-state index contributed by atoms with van der Waals surface area (Å²) in [4.78, 5) is 22.9. The second-order valence-corrected chi connectivity index (χ2v) is 5.40. The van der Waals surface area contributed by atoms with Crippen LogP contribution in [0, 0.1) is 0 Å². The van der Waals surface area contributed by atoms with Crippen molar-refractivity contribution in [3.63, 3.8) is 0 Å². The highest BCUT2D eigenvalue weighted by molar-refractivity contribution is 6.16. The summed E-state index contributed by atoms with van der Waals surface area (Å²) in [6.07, 6.45) is 2.79. The first-order valence-electron chi connectivity index (χ1n) is 7.40. The van der Waals surface area contributed by atoms with Crippen LogP contribution in [0.1, 0.15) is 29.9 Å². The normalized spacial score (nSPS) is 14.1. The van der Waals surface area contributed by atoms with E-state index < -0.39 is 0 Å². The Kier molecular flexibility index (Phi) is 4.15. The number of nitrogens with one attached hydrogen (secondary N) is 1. The summed E-state index contributed by atoms with van der Waals surface area (Å²) >= 11 is 0. The Bertz CT molecular complexity index is 665. The topological polar surface area (TPSA) is 46.2 Å². The Hall–Kier alpha value is -2.68. The molecule has 1 heterocycles. The SMILES string of the molecule is O=C1C=C(CCC(c2ccccc2)c2ccccc2)C(=O)N1. The lowest BCUT2D eigenvalue weighted by Crippen LogP contribution is -2.22. The van der Waals surface area contributed by atoms with Crippen LogP contribution in [0.3, 0.4) is 0 Å². The van der Waals surface area contributed by atoms with Crippen molar-refractivity contribution < 1.29 is 9.59 Å². The summed E-state index contributed by atoms with van der Waals surface area (Å²) < 4.78 is 0. The van der Waals surface area contributed by atoms with E-state index in [9.17, 15) is 9.59 Å². The molecule has 22 heavy (non-hydrogen) atoms. The van der Waals surface area contributed by atoms with E-state index in [0.29, 0.717) is 12.0 Å². The molecule has 110 valence electrons. The molecule has 3 heteroatoms. The molecule has 2 aromatic rings. The molecule has 0 aliphatic carbocycles. The van der Waals surface area contributed by atoms with Crippen molar-refractivity contribution >= 4 is 11.8 Å². The van der Waals surface area contributed by atoms with Crippen molar-refractivity contribution in [3.8, 4) is 0 Å². The van der Waals surface area contributed by atoms with Crippen LogP contribution >= 0.6 is 0 Å². The molecule has 1 aliphatic heterocycles. The van der Waals surface area contributed by atoms with Gasteiger partial charge in [0.05, 0.1) is 0 Å². The van der Waals surface area contributed by atoms with Crippen LogP contribution in [0.4, 0.5) is 0 Å². The maximum atomic E-state index is 11.7. The fraction of sp³-hybridized carbons (Fsp3) is 0.158. The summed E-state index contributed by atoms with van der Waals surface area (Å²) in [5.74, 6) is -0.354. The van der Waals surface area contributed by atoms with E-state index in [2.05, 4.69) is 29.6 Å². The number of imide groups is 1. The zero-order valence-electron chi connectivity index (χ0n) is 12.2. The van der Waals surface area contributed by atoms with Crippen molar-refractivity contribution in [2.45, 2.75) is 18.8 Å². The summed E-state index contributed by atoms with van der Waals surface area (Å²) in [5.41, 5.74) is 3.01. The van der Waals surface area contributed by atoms with Crippen LogP contribution in [0.5, 0.6) is 0 Å². The number of benzene rings is 2. The average Bonchev–Trinajstić information content (AvgIpc) is 2.87. The van der Waals surface area contributed by atoms with Crippen molar-refractivity contribution in [1.82, 2.24) is 5.32 Å². The molecule has 0 atom stereocenters. The first kappa shape index (κ1) is 14.3. The van der Waals surface area contributed by atoms with Gasteiger partial charge in [-0.3, -0.25) is 14.9 Å². The van der Waals surface area contributed by atoms with Crippen LogP contribution in [0.15, 0.2) is 72.3 Å². The third-order valence-electron chi connectivity index (χ3n) is 3.94. The van der Waals surface area contributed by atoms with Crippen molar-refractivity contribution in [1.29, 1.82) is 0 Å². The first-order valence-corrected chi connectivity index (χ1v) is 7.40. The first-order chi connectivity index (χ1) is 10.7. The molecule has 2 aromatic carbocycles. The fourth-order valence-electron chi connectivity index (χ4n) is 2.83. The van der Waals surface area contributed by atoms with E-state index in [1.807, 2.05) is 36.4 Å². The molecule has 2 amide bonds. The number of rotatable bonds is 5. The third kappa shape index (κ3) is 3.14. The van der Waals surface area contributed by atoms with E-state index in [-0.39, 0.29) is 17.7 Å². The number of hydrogen-bond donors (Lipinski definition) is 1. The van der Waals surface area contributed by atoms with E-state index in [1.54, 1.807) is 0 Å². The van der Waals surface area contributed by atoms with Crippen LogP contribution < -0.4 is 5.32 Å². The number of amides is 2. The van der Waals surface area contributed by atoms with Gasteiger partial charge in [-0.25, -0.2) is 0 Å². The van der Waals surface area contributed by atoms with Gasteiger partial charge in [0, 0.05) is 17.6 Å². The van der Waals surface area contributed by atoms with Crippen molar-refractivity contribution in [2.75, 3.05) is 0 Å². The Labute approximate surface area is 129 Å². The molecule has 3 rings (SSSR count). The Morgan fingerprint density at radius 2 is 1.36 bits per heavy atom. The quantitative estimate of drug-likeness (QED) is 0.860. The van der Waals surface area contributed by atoms with Crippen molar-refractivity contribution in [3.05, 3.63) is 83.4 Å². The zero-order chi connectivity index (χ0) is 15.4. The summed E-state index contributed by atoms with van der Waals surface area (Å²) in [6.45, 7) is 0. The molecule has 0 aromatic heterocycles. The molecular formula is C19H17NO2. The van der Waals surface area contributed by atoms with Gasteiger partial charge in [0.1, 0.15) is 0 Å². The molecule has 0 saturated heterocycles.